The van der Waals surface area contributed by atoms with Gasteiger partial charge in [-0.25, -0.2) is 0 Å². The molecule has 0 spiro atoms. The Bertz CT molecular complexity index is 550. The Morgan fingerprint density at radius 3 is 2.67 bits per heavy atom. The van der Waals surface area contributed by atoms with Crippen molar-refractivity contribution in [2.24, 2.45) is 0 Å². The summed E-state index contributed by atoms with van der Waals surface area (Å²) in [7, 11) is 0. The second-order valence-corrected chi connectivity index (χ2v) is 5.76. The molecule has 92 valence electrons. The number of rotatable bonds is 2. The Hall–Kier alpha value is -1.28. The van der Waals surface area contributed by atoms with E-state index in [1.807, 2.05) is 0 Å². The van der Waals surface area contributed by atoms with Gasteiger partial charge in [0.25, 0.3) is 0 Å². The van der Waals surface area contributed by atoms with E-state index in [-0.39, 0.29) is 0 Å². The van der Waals surface area contributed by atoms with Gasteiger partial charge in [-0.05, 0) is 36.6 Å². The van der Waals surface area contributed by atoms with E-state index in [9.17, 15) is 0 Å². The molecule has 0 fully saturated rings. The highest BCUT2D eigenvalue weighted by Gasteiger charge is 2.27. The molecule has 1 atom stereocenters. The molecule has 1 aliphatic rings. The average Bonchev–Trinajstić information content (AvgIpc) is 2.70. The van der Waals surface area contributed by atoms with Crippen LogP contribution in [0.5, 0.6) is 0 Å². The van der Waals surface area contributed by atoms with Crippen LogP contribution in [0.15, 0.2) is 53.0 Å². The third kappa shape index (κ3) is 2.05. The highest BCUT2D eigenvalue weighted by molar-refractivity contribution is 9.10. The maximum absolute atomic E-state index is 3.66. The lowest BCUT2D eigenvalue weighted by Gasteiger charge is -2.25. The summed E-state index contributed by atoms with van der Waals surface area (Å²) in [5, 5.41) is 0. The summed E-state index contributed by atoms with van der Waals surface area (Å²) in [6.45, 7) is 3.29. The zero-order chi connectivity index (χ0) is 12.5. The van der Waals surface area contributed by atoms with Crippen LogP contribution in [-0.2, 0) is 13.0 Å². The fourth-order valence-electron chi connectivity index (χ4n) is 2.68. The number of hydrogen-bond acceptors (Lipinski definition) is 1. The standard InChI is InChI=1S/C16H16BrN/c1-12-10-14-15(17)8-5-9-16(14)18(12)11-13-6-3-2-4-7-13/h2-9,12H,10-11H2,1H3. The molecule has 1 nitrogen and oxygen atoms in total. The van der Waals surface area contributed by atoms with Crippen molar-refractivity contribution in [3.63, 3.8) is 0 Å². The van der Waals surface area contributed by atoms with E-state index >= 15 is 0 Å². The fraction of sp³-hybridized carbons (Fsp3) is 0.250. The van der Waals surface area contributed by atoms with Crippen LogP contribution in [0.25, 0.3) is 0 Å². The van der Waals surface area contributed by atoms with E-state index in [2.05, 4.69) is 76.3 Å². The molecule has 0 bridgehead atoms. The molecule has 0 radical (unpaired) electrons. The van der Waals surface area contributed by atoms with Crippen molar-refractivity contribution >= 4 is 21.6 Å². The minimum atomic E-state index is 0.568. The average molecular weight is 302 g/mol. The third-order valence-corrected chi connectivity index (χ3v) is 4.37. The highest BCUT2D eigenvalue weighted by Crippen LogP contribution is 2.37. The van der Waals surface area contributed by atoms with Gasteiger partial charge < -0.3 is 4.90 Å². The van der Waals surface area contributed by atoms with Gasteiger partial charge in [-0.3, -0.25) is 0 Å². The van der Waals surface area contributed by atoms with Crippen molar-refractivity contribution in [3.8, 4) is 0 Å². The lowest BCUT2D eigenvalue weighted by atomic mass is 10.1. The number of anilines is 1. The second-order valence-electron chi connectivity index (χ2n) is 4.90. The quantitative estimate of drug-likeness (QED) is 0.794. The molecule has 1 unspecified atom stereocenters. The van der Waals surface area contributed by atoms with Crippen molar-refractivity contribution < 1.29 is 0 Å². The van der Waals surface area contributed by atoms with Crippen LogP contribution >= 0.6 is 15.9 Å². The minimum Gasteiger partial charge on any atom is -0.364 e. The molecule has 0 saturated carbocycles. The molecule has 2 aromatic carbocycles. The zero-order valence-corrected chi connectivity index (χ0v) is 12.0. The first-order valence-corrected chi connectivity index (χ1v) is 7.13. The topological polar surface area (TPSA) is 3.24 Å². The summed E-state index contributed by atoms with van der Waals surface area (Å²) in [6.07, 6.45) is 1.13. The third-order valence-electron chi connectivity index (χ3n) is 3.63. The predicted molar refractivity (Wildman–Crippen MR) is 79.9 cm³/mol. The van der Waals surface area contributed by atoms with Gasteiger partial charge in [0.15, 0.2) is 0 Å². The van der Waals surface area contributed by atoms with Crippen LogP contribution in [0.3, 0.4) is 0 Å². The van der Waals surface area contributed by atoms with E-state index in [1.54, 1.807) is 0 Å². The molecule has 1 aliphatic heterocycles. The van der Waals surface area contributed by atoms with E-state index in [1.165, 1.54) is 21.3 Å². The summed E-state index contributed by atoms with van der Waals surface area (Å²) < 4.78 is 1.24. The maximum atomic E-state index is 3.66. The Morgan fingerprint density at radius 2 is 1.89 bits per heavy atom. The van der Waals surface area contributed by atoms with Crippen LogP contribution in [0.4, 0.5) is 5.69 Å². The summed E-state index contributed by atoms with van der Waals surface area (Å²) in [5.74, 6) is 0. The largest absolute Gasteiger partial charge is 0.364 e. The Morgan fingerprint density at radius 1 is 1.11 bits per heavy atom. The van der Waals surface area contributed by atoms with Gasteiger partial charge in [-0.2, -0.15) is 0 Å². The molecule has 0 saturated heterocycles. The van der Waals surface area contributed by atoms with Crippen molar-refractivity contribution in [2.75, 3.05) is 4.90 Å². The maximum Gasteiger partial charge on any atom is 0.0432 e. The Kier molecular flexibility index (Phi) is 3.13. The number of halogens is 1. The monoisotopic (exact) mass is 301 g/mol. The molecule has 18 heavy (non-hydrogen) atoms. The van der Waals surface area contributed by atoms with Crippen molar-refractivity contribution in [3.05, 3.63) is 64.1 Å². The normalized spacial score (nSPS) is 17.9. The lowest BCUT2D eigenvalue weighted by Crippen LogP contribution is -2.28. The van der Waals surface area contributed by atoms with Gasteiger partial charge in [-0.15, -0.1) is 0 Å². The fourth-order valence-corrected chi connectivity index (χ4v) is 3.20. The van der Waals surface area contributed by atoms with Crippen LogP contribution in [0.2, 0.25) is 0 Å². The highest BCUT2D eigenvalue weighted by atomic mass is 79.9. The minimum absolute atomic E-state index is 0.568. The van der Waals surface area contributed by atoms with Gasteiger partial charge in [0.1, 0.15) is 0 Å². The van der Waals surface area contributed by atoms with Gasteiger partial charge in [0.05, 0.1) is 0 Å². The summed E-state index contributed by atoms with van der Waals surface area (Å²) >= 11 is 3.66. The molecular formula is C16H16BrN. The zero-order valence-electron chi connectivity index (χ0n) is 10.4. The molecule has 3 rings (SSSR count). The predicted octanol–water partition coefficient (Wildman–Crippen LogP) is 4.40. The molecular weight excluding hydrogens is 286 g/mol. The number of hydrogen-bond donors (Lipinski definition) is 0. The number of benzene rings is 2. The molecule has 0 aliphatic carbocycles. The SMILES string of the molecule is CC1Cc2c(Br)cccc2N1Cc1ccccc1. The first-order chi connectivity index (χ1) is 8.75. The van der Waals surface area contributed by atoms with Gasteiger partial charge in [0, 0.05) is 22.7 Å². The molecule has 1 heterocycles. The molecule has 0 aromatic heterocycles. The van der Waals surface area contributed by atoms with E-state index in [0.717, 1.165) is 13.0 Å². The van der Waals surface area contributed by atoms with Crippen LogP contribution in [-0.4, -0.2) is 6.04 Å². The Balaban J connectivity index is 1.93. The molecule has 0 N–H and O–H groups in total. The lowest BCUT2D eigenvalue weighted by molar-refractivity contribution is 0.672. The van der Waals surface area contributed by atoms with Gasteiger partial charge in [0.2, 0.25) is 0 Å². The van der Waals surface area contributed by atoms with Gasteiger partial charge >= 0.3 is 0 Å². The first kappa shape index (κ1) is 11.8. The molecule has 2 heteroatoms. The van der Waals surface area contributed by atoms with Crippen LogP contribution in [0, 0.1) is 0 Å². The van der Waals surface area contributed by atoms with Crippen molar-refractivity contribution in [1.29, 1.82) is 0 Å². The Labute approximate surface area is 117 Å². The van der Waals surface area contributed by atoms with Crippen molar-refractivity contribution in [2.45, 2.75) is 25.9 Å². The number of nitrogens with zero attached hydrogens (tertiary/aromatic N) is 1. The molecule has 0 amide bonds. The van der Waals surface area contributed by atoms with E-state index < -0.39 is 0 Å². The number of fused-ring (bicyclic) bond motifs is 1. The summed E-state index contributed by atoms with van der Waals surface area (Å²) in [4.78, 5) is 2.50. The summed E-state index contributed by atoms with van der Waals surface area (Å²) in [6, 6.07) is 17.7. The van der Waals surface area contributed by atoms with E-state index in [4.69, 9.17) is 0 Å². The van der Waals surface area contributed by atoms with Crippen LogP contribution < -0.4 is 4.90 Å². The van der Waals surface area contributed by atoms with Crippen LogP contribution in [0.1, 0.15) is 18.1 Å². The van der Waals surface area contributed by atoms with Crippen molar-refractivity contribution in [1.82, 2.24) is 0 Å². The van der Waals surface area contributed by atoms with Gasteiger partial charge in [-0.1, -0.05) is 52.3 Å². The molecule has 2 aromatic rings. The smallest absolute Gasteiger partial charge is 0.0432 e. The summed E-state index contributed by atoms with van der Waals surface area (Å²) in [5.41, 5.74) is 4.19. The second kappa shape index (κ2) is 4.77. The van der Waals surface area contributed by atoms with E-state index in [0.29, 0.717) is 6.04 Å². The first-order valence-electron chi connectivity index (χ1n) is 6.33.